The molecule has 0 spiro atoms. The SMILES string of the molecule is CO/N=C(/C(=O)O)c1ccccc1COC/C=N/Oc1ncccc1C(F)(F)F. The molecule has 8 nitrogen and oxygen atoms in total. The van der Waals surface area contributed by atoms with Gasteiger partial charge in [-0.3, -0.25) is 0 Å². The van der Waals surface area contributed by atoms with Gasteiger partial charge in [0, 0.05) is 11.8 Å². The fourth-order valence-electron chi connectivity index (χ4n) is 2.19. The molecule has 29 heavy (non-hydrogen) atoms. The zero-order valence-corrected chi connectivity index (χ0v) is 15.1. The number of carboxylic acids is 1. The summed E-state index contributed by atoms with van der Waals surface area (Å²) in [6.07, 6.45) is -2.36. The van der Waals surface area contributed by atoms with Crippen LogP contribution in [0, 0.1) is 0 Å². The van der Waals surface area contributed by atoms with Crippen LogP contribution >= 0.6 is 0 Å². The number of aliphatic carboxylic acids is 1. The van der Waals surface area contributed by atoms with Crippen LogP contribution < -0.4 is 4.84 Å². The number of alkyl halides is 3. The third-order valence-electron chi connectivity index (χ3n) is 3.40. The Hall–Kier alpha value is -3.47. The molecule has 0 aliphatic rings. The predicted molar refractivity (Wildman–Crippen MR) is 95.6 cm³/mol. The van der Waals surface area contributed by atoms with Gasteiger partial charge in [0.05, 0.1) is 19.4 Å². The average Bonchev–Trinajstić information content (AvgIpc) is 2.68. The van der Waals surface area contributed by atoms with E-state index in [1.54, 1.807) is 24.3 Å². The molecule has 1 aromatic carbocycles. The van der Waals surface area contributed by atoms with E-state index in [1.165, 1.54) is 7.11 Å². The molecule has 0 bridgehead atoms. The highest BCUT2D eigenvalue weighted by molar-refractivity contribution is 6.42. The lowest BCUT2D eigenvalue weighted by molar-refractivity contribution is -0.139. The van der Waals surface area contributed by atoms with Crippen molar-refractivity contribution in [2.75, 3.05) is 13.7 Å². The summed E-state index contributed by atoms with van der Waals surface area (Å²) >= 11 is 0. The van der Waals surface area contributed by atoms with E-state index in [0.29, 0.717) is 11.1 Å². The molecular formula is C18H16F3N3O5. The van der Waals surface area contributed by atoms with Crippen molar-refractivity contribution in [2.45, 2.75) is 12.8 Å². The van der Waals surface area contributed by atoms with Crippen LogP contribution in [0.15, 0.2) is 52.9 Å². The number of oxime groups is 2. The van der Waals surface area contributed by atoms with Crippen LogP contribution in [0.2, 0.25) is 0 Å². The van der Waals surface area contributed by atoms with Crippen LogP contribution in [-0.2, 0) is 27.2 Å². The summed E-state index contributed by atoms with van der Waals surface area (Å²) in [4.78, 5) is 24.0. The van der Waals surface area contributed by atoms with E-state index in [4.69, 9.17) is 4.74 Å². The van der Waals surface area contributed by atoms with E-state index in [2.05, 4.69) is 25.0 Å². The molecule has 1 aromatic heterocycles. The van der Waals surface area contributed by atoms with Crippen LogP contribution in [0.25, 0.3) is 0 Å². The zero-order valence-electron chi connectivity index (χ0n) is 15.1. The first-order chi connectivity index (χ1) is 13.8. The molecule has 0 unspecified atom stereocenters. The van der Waals surface area contributed by atoms with E-state index in [1.807, 2.05) is 0 Å². The van der Waals surface area contributed by atoms with Gasteiger partial charge in [-0.05, 0) is 17.7 Å². The van der Waals surface area contributed by atoms with Gasteiger partial charge in [0.1, 0.15) is 12.7 Å². The van der Waals surface area contributed by atoms with Crippen molar-refractivity contribution in [3.05, 3.63) is 59.3 Å². The largest absolute Gasteiger partial charge is 0.476 e. The lowest BCUT2D eigenvalue weighted by Crippen LogP contribution is -2.17. The Morgan fingerprint density at radius 1 is 1.24 bits per heavy atom. The number of rotatable bonds is 9. The molecule has 0 aliphatic heterocycles. The van der Waals surface area contributed by atoms with Crippen molar-refractivity contribution in [2.24, 2.45) is 10.3 Å². The molecular weight excluding hydrogens is 395 g/mol. The van der Waals surface area contributed by atoms with Crippen molar-refractivity contribution < 1.29 is 37.5 Å². The minimum atomic E-state index is -4.62. The number of ether oxygens (including phenoxy) is 1. The molecule has 0 saturated heterocycles. The predicted octanol–water partition coefficient (Wildman–Crippen LogP) is 3.12. The van der Waals surface area contributed by atoms with Crippen LogP contribution in [0.4, 0.5) is 13.2 Å². The van der Waals surface area contributed by atoms with Gasteiger partial charge in [-0.25, -0.2) is 9.78 Å². The van der Waals surface area contributed by atoms with Gasteiger partial charge >= 0.3 is 12.1 Å². The Labute approximate surface area is 163 Å². The van der Waals surface area contributed by atoms with Crippen molar-refractivity contribution >= 4 is 17.9 Å². The van der Waals surface area contributed by atoms with Gasteiger partial charge in [0.2, 0.25) is 0 Å². The maximum atomic E-state index is 12.8. The number of halogens is 3. The summed E-state index contributed by atoms with van der Waals surface area (Å²) in [6, 6.07) is 8.46. The molecule has 0 amide bonds. The number of benzene rings is 1. The second-order valence-corrected chi connectivity index (χ2v) is 5.33. The van der Waals surface area contributed by atoms with E-state index in [-0.39, 0.29) is 18.9 Å². The molecule has 2 rings (SSSR count). The molecule has 0 aliphatic carbocycles. The Kier molecular flexibility index (Phi) is 7.66. The molecule has 0 saturated carbocycles. The van der Waals surface area contributed by atoms with Crippen LogP contribution in [0.1, 0.15) is 16.7 Å². The maximum absolute atomic E-state index is 12.8. The van der Waals surface area contributed by atoms with Crippen molar-refractivity contribution in [1.29, 1.82) is 0 Å². The quantitative estimate of drug-likeness (QED) is 0.386. The normalized spacial score (nSPS) is 12.2. The summed E-state index contributed by atoms with van der Waals surface area (Å²) in [7, 11) is 1.23. The lowest BCUT2D eigenvalue weighted by atomic mass is 10.0. The van der Waals surface area contributed by atoms with Crippen LogP contribution in [-0.4, -0.2) is 41.7 Å². The van der Waals surface area contributed by atoms with Gasteiger partial charge in [0.25, 0.3) is 5.88 Å². The number of pyridine rings is 1. The molecule has 1 heterocycles. The van der Waals surface area contributed by atoms with E-state index < -0.39 is 23.6 Å². The Balaban J connectivity index is 1.96. The number of hydrogen-bond acceptors (Lipinski definition) is 7. The highest BCUT2D eigenvalue weighted by Crippen LogP contribution is 2.34. The van der Waals surface area contributed by atoms with Gasteiger partial charge < -0.3 is 19.5 Å². The number of aromatic nitrogens is 1. The van der Waals surface area contributed by atoms with Gasteiger partial charge in [-0.15, -0.1) is 0 Å². The number of carboxylic acid groups (broad SMARTS) is 1. The molecule has 0 atom stereocenters. The third-order valence-corrected chi connectivity index (χ3v) is 3.40. The smallest absolute Gasteiger partial charge is 0.421 e. The van der Waals surface area contributed by atoms with Gasteiger partial charge in [-0.2, -0.15) is 13.2 Å². The highest BCUT2D eigenvalue weighted by atomic mass is 19.4. The molecule has 0 fully saturated rings. The molecule has 1 N–H and O–H groups in total. The van der Waals surface area contributed by atoms with E-state index in [0.717, 1.165) is 24.5 Å². The fraction of sp³-hybridized carbons (Fsp3) is 0.222. The minimum absolute atomic E-state index is 0.00437. The van der Waals surface area contributed by atoms with Crippen molar-refractivity contribution in [3.8, 4) is 5.88 Å². The minimum Gasteiger partial charge on any atom is -0.476 e. The molecule has 0 radical (unpaired) electrons. The first-order valence-corrected chi connectivity index (χ1v) is 8.06. The summed E-state index contributed by atoms with van der Waals surface area (Å²) < 4.78 is 43.8. The van der Waals surface area contributed by atoms with Gasteiger partial charge in [-0.1, -0.05) is 34.6 Å². The molecule has 11 heteroatoms. The second-order valence-electron chi connectivity index (χ2n) is 5.33. The Bertz CT molecular complexity index is 900. The number of nitrogens with zero attached hydrogens (tertiary/aromatic N) is 3. The second kappa shape index (κ2) is 10.2. The number of hydrogen-bond donors (Lipinski definition) is 1. The fourth-order valence-corrected chi connectivity index (χ4v) is 2.19. The summed E-state index contributed by atoms with van der Waals surface area (Å²) in [5.74, 6) is -1.95. The first-order valence-electron chi connectivity index (χ1n) is 8.06. The lowest BCUT2D eigenvalue weighted by Gasteiger charge is -2.09. The van der Waals surface area contributed by atoms with E-state index >= 15 is 0 Å². The highest BCUT2D eigenvalue weighted by Gasteiger charge is 2.35. The summed E-state index contributed by atoms with van der Waals surface area (Å²) in [6.45, 7) is -0.109. The zero-order chi connectivity index (χ0) is 21.3. The third kappa shape index (κ3) is 6.28. The standard InChI is InChI=1S/C18H16F3N3O5/c1-27-24-15(17(25)26)13-6-3-2-5-12(13)11-28-10-9-23-29-16-14(18(19,20)21)7-4-8-22-16/h2-9H,10-11H2,1H3,(H,25,26)/b23-9+,24-15+. The molecule has 2 aromatic rings. The van der Waals surface area contributed by atoms with Crippen LogP contribution in [0.5, 0.6) is 5.88 Å². The summed E-state index contributed by atoms with van der Waals surface area (Å²) in [5.41, 5.74) is -0.522. The summed E-state index contributed by atoms with van der Waals surface area (Å²) in [5, 5.41) is 16.1. The van der Waals surface area contributed by atoms with Crippen molar-refractivity contribution in [3.63, 3.8) is 0 Å². The van der Waals surface area contributed by atoms with E-state index in [9.17, 15) is 23.1 Å². The van der Waals surface area contributed by atoms with Gasteiger partial charge in [0.15, 0.2) is 5.71 Å². The average molecular weight is 411 g/mol. The Morgan fingerprint density at radius 2 is 2.00 bits per heavy atom. The van der Waals surface area contributed by atoms with Crippen LogP contribution in [0.3, 0.4) is 0 Å². The van der Waals surface area contributed by atoms with Crippen molar-refractivity contribution in [1.82, 2.24) is 4.98 Å². The molecule has 154 valence electrons. The maximum Gasteiger partial charge on any atom is 0.421 e. The topological polar surface area (TPSA) is 103 Å². The monoisotopic (exact) mass is 411 g/mol. The number of carbonyl (C=O) groups is 1. The first kappa shape index (κ1) is 21.8. The Morgan fingerprint density at radius 3 is 2.69 bits per heavy atom.